The molecule has 0 amide bonds. The smallest absolute Gasteiger partial charge is 0.337 e. The van der Waals surface area contributed by atoms with Crippen molar-refractivity contribution in [3.8, 4) is 0 Å². The first-order chi connectivity index (χ1) is 11.6. The number of ether oxygens (including phenoxy) is 1. The van der Waals surface area contributed by atoms with E-state index in [4.69, 9.17) is 0 Å². The number of nitrogens with one attached hydrogen (secondary N) is 1. The van der Waals surface area contributed by atoms with Crippen molar-refractivity contribution in [2.45, 2.75) is 6.54 Å². The third kappa shape index (κ3) is 3.12. The van der Waals surface area contributed by atoms with E-state index in [-0.39, 0.29) is 11.5 Å². The van der Waals surface area contributed by atoms with Crippen LogP contribution in [0.1, 0.15) is 15.9 Å². The summed E-state index contributed by atoms with van der Waals surface area (Å²) in [5.74, 6) is 0.131. The monoisotopic (exact) mass is 323 g/mol. The number of nitrogens with zero attached hydrogens (tertiary/aromatic N) is 2. The Bertz CT molecular complexity index is 932. The topological polar surface area (TPSA) is 75.3 Å². The Morgan fingerprint density at radius 1 is 1.17 bits per heavy atom. The molecule has 1 N–H and O–H groups in total. The normalized spacial score (nSPS) is 10.6. The van der Waals surface area contributed by atoms with Crippen molar-refractivity contribution in [3.63, 3.8) is 0 Å². The van der Waals surface area contributed by atoms with Gasteiger partial charge in [-0.2, -0.15) is 0 Å². The molecule has 0 aliphatic carbocycles. The van der Waals surface area contributed by atoms with Crippen LogP contribution >= 0.6 is 0 Å². The lowest BCUT2D eigenvalue weighted by Gasteiger charge is -2.18. The summed E-state index contributed by atoms with van der Waals surface area (Å²) in [7, 11) is 3.20. The third-order valence-electron chi connectivity index (χ3n) is 3.76. The molecule has 0 saturated carbocycles. The van der Waals surface area contributed by atoms with Crippen LogP contribution in [0.15, 0.2) is 53.3 Å². The molecule has 0 saturated heterocycles. The molecule has 2 aromatic carbocycles. The number of para-hydroxylation sites is 1. The van der Waals surface area contributed by atoms with Gasteiger partial charge in [0.2, 0.25) is 5.95 Å². The minimum absolute atomic E-state index is 0.163. The predicted octanol–water partition coefficient (Wildman–Crippen LogP) is 2.35. The summed E-state index contributed by atoms with van der Waals surface area (Å²) in [4.78, 5) is 32.7. The van der Waals surface area contributed by atoms with E-state index >= 15 is 0 Å². The number of carbonyl (C=O) groups is 1. The second kappa shape index (κ2) is 6.54. The van der Waals surface area contributed by atoms with E-state index in [1.807, 2.05) is 42.3 Å². The summed E-state index contributed by atoms with van der Waals surface area (Å²) >= 11 is 0. The van der Waals surface area contributed by atoms with Crippen molar-refractivity contribution in [1.82, 2.24) is 9.97 Å². The van der Waals surface area contributed by atoms with Gasteiger partial charge in [-0.05, 0) is 29.8 Å². The Balaban J connectivity index is 1.83. The molecule has 0 spiro atoms. The van der Waals surface area contributed by atoms with E-state index in [2.05, 4.69) is 14.7 Å². The highest BCUT2D eigenvalue weighted by atomic mass is 16.5. The predicted molar refractivity (Wildman–Crippen MR) is 92.3 cm³/mol. The van der Waals surface area contributed by atoms with Crippen LogP contribution < -0.4 is 10.5 Å². The van der Waals surface area contributed by atoms with E-state index in [0.717, 1.165) is 5.56 Å². The van der Waals surface area contributed by atoms with Crippen LogP contribution in [0.4, 0.5) is 5.95 Å². The maximum Gasteiger partial charge on any atom is 0.337 e. The molecule has 0 aliphatic heterocycles. The summed E-state index contributed by atoms with van der Waals surface area (Å²) in [6.07, 6.45) is 0. The number of aromatic nitrogens is 2. The molecule has 3 aromatic rings. The molecule has 122 valence electrons. The number of methoxy groups -OCH3 is 1. The van der Waals surface area contributed by atoms with Gasteiger partial charge in [0.05, 0.1) is 23.6 Å². The van der Waals surface area contributed by atoms with Crippen molar-refractivity contribution in [2.24, 2.45) is 0 Å². The number of fused-ring (bicyclic) bond motifs is 1. The number of benzene rings is 2. The van der Waals surface area contributed by atoms with E-state index in [1.54, 1.807) is 18.2 Å². The number of hydrogen-bond donors (Lipinski definition) is 1. The third-order valence-corrected chi connectivity index (χ3v) is 3.76. The zero-order valence-electron chi connectivity index (χ0n) is 13.4. The zero-order valence-corrected chi connectivity index (χ0v) is 13.4. The van der Waals surface area contributed by atoms with Crippen LogP contribution in [0.2, 0.25) is 0 Å². The van der Waals surface area contributed by atoms with Gasteiger partial charge in [-0.3, -0.25) is 9.78 Å². The Kier molecular flexibility index (Phi) is 4.29. The van der Waals surface area contributed by atoms with Gasteiger partial charge >= 0.3 is 5.97 Å². The molecular weight excluding hydrogens is 306 g/mol. The van der Waals surface area contributed by atoms with Crippen molar-refractivity contribution >= 4 is 22.8 Å². The standard InChI is InChI=1S/C18H17N3O3/c1-21(11-12-7-9-13(10-8-12)17(23)24-2)18-19-15-6-4-3-5-14(15)16(22)20-18/h3-10H,11H2,1-2H3,(H,19,20,22). The first-order valence-electron chi connectivity index (χ1n) is 7.46. The van der Waals surface area contributed by atoms with Crippen LogP contribution in [-0.4, -0.2) is 30.1 Å². The maximum atomic E-state index is 12.1. The van der Waals surface area contributed by atoms with Crippen molar-refractivity contribution in [1.29, 1.82) is 0 Å². The Morgan fingerprint density at radius 3 is 2.58 bits per heavy atom. The second-order valence-corrected chi connectivity index (χ2v) is 5.45. The molecule has 6 heteroatoms. The van der Waals surface area contributed by atoms with Gasteiger partial charge in [-0.15, -0.1) is 0 Å². The van der Waals surface area contributed by atoms with Crippen LogP contribution in [0.3, 0.4) is 0 Å². The fourth-order valence-corrected chi connectivity index (χ4v) is 2.47. The lowest BCUT2D eigenvalue weighted by atomic mass is 10.1. The number of H-pyrrole nitrogens is 1. The van der Waals surface area contributed by atoms with Crippen molar-refractivity contribution in [3.05, 3.63) is 70.0 Å². The zero-order chi connectivity index (χ0) is 17.1. The number of hydrogen-bond acceptors (Lipinski definition) is 5. The average molecular weight is 323 g/mol. The Morgan fingerprint density at radius 2 is 1.88 bits per heavy atom. The highest BCUT2D eigenvalue weighted by Gasteiger charge is 2.09. The molecule has 6 nitrogen and oxygen atoms in total. The minimum atomic E-state index is -0.365. The molecular formula is C18H17N3O3. The molecule has 0 unspecified atom stereocenters. The molecule has 1 heterocycles. The van der Waals surface area contributed by atoms with Gasteiger partial charge in [0.15, 0.2) is 0 Å². The second-order valence-electron chi connectivity index (χ2n) is 5.45. The maximum absolute atomic E-state index is 12.1. The fourth-order valence-electron chi connectivity index (χ4n) is 2.47. The number of aromatic amines is 1. The lowest BCUT2D eigenvalue weighted by molar-refractivity contribution is 0.0600. The lowest BCUT2D eigenvalue weighted by Crippen LogP contribution is -2.22. The molecule has 24 heavy (non-hydrogen) atoms. The van der Waals surface area contributed by atoms with Gasteiger partial charge in [-0.25, -0.2) is 9.78 Å². The van der Waals surface area contributed by atoms with Gasteiger partial charge in [0, 0.05) is 13.6 Å². The summed E-state index contributed by atoms with van der Waals surface area (Å²) in [5, 5.41) is 0.567. The molecule has 0 atom stereocenters. The number of esters is 1. The number of anilines is 1. The quantitative estimate of drug-likeness (QED) is 0.746. The largest absolute Gasteiger partial charge is 0.465 e. The first-order valence-corrected chi connectivity index (χ1v) is 7.46. The Labute approximate surface area is 138 Å². The summed E-state index contributed by atoms with van der Waals surface area (Å²) in [5.41, 5.74) is 1.98. The molecule has 0 radical (unpaired) electrons. The Hall–Kier alpha value is -3.15. The highest BCUT2D eigenvalue weighted by molar-refractivity contribution is 5.89. The molecule has 1 aromatic heterocycles. The van der Waals surface area contributed by atoms with Crippen molar-refractivity contribution in [2.75, 3.05) is 19.1 Å². The van der Waals surface area contributed by atoms with Gasteiger partial charge in [-0.1, -0.05) is 24.3 Å². The van der Waals surface area contributed by atoms with Gasteiger partial charge in [0.25, 0.3) is 5.56 Å². The van der Waals surface area contributed by atoms with E-state index in [1.165, 1.54) is 7.11 Å². The van der Waals surface area contributed by atoms with Crippen molar-refractivity contribution < 1.29 is 9.53 Å². The van der Waals surface area contributed by atoms with Crippen LogP contribution in [0.25, 0.3) is 10.9 Å². The highest BCUT2D eigenvalue weighted by Crippen LogP contribution is 2.14. The summed E-state index contributed by atoms with van der Waals surface area (Å²) in [6.45, 7) is 0.544. The van der Waals surface area contributed by atoms with Crippen LogP contribution in [0, 0.1) is 0 Å². The average Bonchev–Trinajstić information content (AvgIpc) is 2.61. The molecule has 3 rings (SSSR count). The molecule has 0 aliphatic rings. The van der Waals surface area contributed by atoms with E-state index < -0.39 is 0 Å². The van der Waals surface area contributed by atoms with Crippen LogP contribution in [-0.2, 0) is 11.3 Å². The molecule has 0 fully saturated rings. The van der Waals surface area contributed by atoms with E-state index in [0.29, 0.717) is 29.0 Å². The number of rotatable bonds is 4. The van der Waals surface area contributed by atoms with E-state index in [9.17, 15) is 9.59 Å². The number of carbonyl (C=O) groups excluding carboxylic acids is 1. The SMILES string of the molecule is COC(=O)c1ccc(CN(C)c2nc3ccccc3c(=O)[nH]2)cc1. The van der Waals surface area contributed by atoms with Crippen LogP contribution in [0.5, 0.6) is 0 Å². The molecule has 0 bridgehead atoms. The van der Waals surface area contributed by atoms with Gasteiger partial charge in [0.1, 0.15) is 0 Å². The summed E-state index contributed by atoms with van der Waals surface area (Å²) < 4.78 is 4.68. The summed E-state index contributed by atoms with van der Waals surface area (Å²) in [6, 6.07) is 14.3. The minimum Gasteiger partial charge on any atom is -0.465 e. The first kappa shape index (κ1) is 15.7. The van der Waals surface area contributed by atoms with Gasteiger partial charge < -0.3 is 9.64 Å². The fraction of sp³-hybridized carbons (Fsp3) is 0.167.